The van der Waals surface area contributed by atoms with Crippen LogP contribution in [0.3, 0.4) is 0 Å². The largest absolute Gasteiger partial charge is 0.373 e. The van der Waals surface area contributed by atoms with Gasteiger partial charge in [-0.05, 0) is 31.7 Å². The van der Waals surface area contributed by atoms with Crippen molar-refractivity contribution < 1.29 is 13.5 Å². The van der Waals surface area contributed by atoms with Crippen molar-refractivity contribution in [2.45, 2.75) is 37.8 Å². The minimum Gasteiger partial charge on any atom is -0.373 e. The van der Waals surface area contributed by atoms with E-state index in [1.54, 1.807) is 12.1 Å². The summed E-state index contributed by atoms with van der Waals surface area (Å²) in [4.78, 5) is 0. The Balaban J connectivity index is 1.76. The number of ether oxygens (including phenoxy) is 1. The Morgan fingerprint density at radius 3 is 2.84 bits per heavy atom. The first kappa shape index (κ1) is 13.0. The lowest BCUT2D eigenvalue weighted by Gasteiger charge is -2.32. The normalized spacial score (nSPS) is 27.5. The third-order valence-corrected chi connectivity index (χ3v) is 3.98. The van der Waals surface area contributed by atoms with Gasteiger partial charge in [-0.25, -0.2) is 8.78 Å². The first-order valence-corrected chi connectivity index (χ1v) is 7.04. The fourth-order valence-corrected chi connectivity index (χ4v) is 2.74. The molecule has 1 saturated heterocycles. The van der Waals surface area contributed by atoms with E-state index in [-0.39, 0.29) is 12.0 Å². The van der Waals surface area contributed by atoms with Crippen LogP contribution >= 0.6 is 0 Å². The zero-order valence-corrected chi connectivity index (χ0v) is 10.9. The molecule has 2 nitrogen and oxygen atoms in total. The Morgan fingerprint density at radius 2 is 2.05 bits per heavy atom. The summed E-state index contributed by atoms with van der Waals surface area (Å²) in [5.74, 6) is -1.32. The molecular formula is C15H19F2NO. The van der Waals surface area contributed by atoms with Gasteiger partial charge >= 0.3 is 0 Å². The number of nitrogens with one attached hydrogen (secondary N) is 1. The predicted molar refractivity (Wildman–Crippen MR) is 68.8 cm³/mol. The maximum atomic E-state index is 13.9. The number of benzene rings is 1. The molecule has 1 aliphatic carbocycles. The molecule has 104 valence electrons. The summed E-state index contributed by atoms with van der Waals surface area (Å²) >= 11 is 0. The molecule has 1 aromatic rings. The zero-order chi connectivity index (χ0) is 13.2. The molecule has 0 spiro atoms. The quantitative estimate of drug-likeness (QED) is 0.904. The van der Waals surface area contributed by atoms with Crippen molar-refractivity contribution in [3.05, 3.63) is 35.4 Å². The highest BCUT2D eigenvalue weighted by atomic mass is 19.2. The average molecular weight is 267 g/mol. The summed E-state index contributed by atoms with van der Waals surface area (Å²) in [6, 6.07) is 4.97. The van der Waals surface area contributed by atoms with E-state index in [0.717, 1.165) is 25.5 Å². The minimum atomic E-state index is -0.791. The summed E-state index contributed by atoms with van der Waals surface area (Å²) in [7, 11) is 0. The summed E-state index contributed by atoms with van der Waals surface area (Å²) in [5.41, 5.74) is 0.363. The molecule has 0 aromatic heterocycles. The first-order valence-electron chi connectivity index (χ1n) is 7.04. The minimum absolute atomic E-state index is 0.227. The summed E-state index contributed by atoms with van der Waals surface area (Å²) in [6.07, 6.45) is 4.12. The molecule has 1 aliphatic heterocycles. The third-order valence-electron chi connectivity index (χ3n) is 3.98. The Bertz CT molecular complexity index is 448. The van der Waals surface area contributed by atoms with Gasteiger partial charge in [0.1, 0.15) is 0 Å². The molecule has 0 radical (unpaired) electrons. The molecule has 1 aromatic carbocycles. The monoisotopic (exact) mass is 267 g/mol. The van der Waals surface area contributed by atoms with Crippen molar-refractivity contribution in [1.29, 1.82) is 0 Å². The molecule has 2 unspecified atom stereocenters. The number of hydrogen-bond acceptors (Lipinski definition) is 2. The molecule has 2 fully saturated rings. The Morgan fingerprint density at radius 1 is 1.21 bits per heavy atom. The van der Waals surface area contributed by atoms with Crippen LogP contribution in [0.1, 0.15) is 37.4 Å². The van der Waals surface area contributed by atoms with E-state index in [0.29, 0.717) is 18.2 Å². The second kappa shape index (κ2) is 5.55. The van der Waals surface area contributed by atoms with Crippen molar-refractivity contribution in [1.82, 2.24) is 5.32 Å². The van der Waals surface area contributed by atoms with Gasteiger partial charge < -0.3 is 10.1 Å². The number of halogens is 2. The van der Waals surface area contributed by atoms with Crippen molar-refractivity contribution in [2.75, 3.05) is 13.2 Å². The van der Waals surface area contributed by atoms with Gasteiger partial charge in [0.15, 0.2) is 11.6 Å². The van der Waals surface area contributed by atoms with Gasteiger partial charge in [-0.1, -0.05) is 12.1 Å². The van der Waals surface area contributed by atoms with Crippen molar-refractivity contribution in [3.63, 3.8) is 0 Å². The highest BCUT2D eigenvalue weighted by Gasteiger charge is 2.31. The first-order chi connectivity index (χ1) is 9.25. The SMILES string of the molecule is Fc1cccc(C2OCCCC2CNC2CC2)c1F. The van der Waals surface area contributed by atoms with Crippen LogP contribution in [0.5, 0.6) is 0 Å². The molecule has 1 heterocycles. The molecule has 4 heteroatoms. The smallest absolute Gasteiger partial charge is 0.164 e. The maximum Gasteiger partial charge on any atom is 0.164 e. The predicted octanol–water partition coefficient (Wildman–Crippen LogP) is 3.18. The van der Waals surface area contributed by atoms with Gasteiger partial charge in [0.05, 0.1) is 6.10 Å². The van der Waals surface area contributed by atoms with Gasteiger partial charge in [0.25, 0.3) is 0 Å². The van der Waals surface area contributed by atoms with E-state index < -0.39 is 11.6 Å². The molecule has 2 atom stereocenters. The van der Waals surface area contributed by atoms with E-state index in [2.05, 4.69) is 5.32 Å². The van der Waals surface area contributed by atoms with Crippen molar-refractivity contribution in [3.8, 4) is 0 Å². The van der Waals surface area contributed by atoms with Crippen molar-refractivity contribution in [2.24, 2.45) is 5.92 Å². The molecule has 0 amide bonds. The molecule has 0 bridgehead atoms. The van der Waals surface area contributed by atoms with Crippen LogP contribution in [0.4, 0.5) is 8.78 Å². The zero-order valence-electron chi connectivity index (χ0n) is 10.9. The van der Waals surface area contributed by atoms with Gasteiger partial charge in [0, 0.05) is 30.7 Å². The molecule has 19 heavy (non-hydrogen) atoms. The van der Waals surface area contributed by atoms with Crippen LogP contribution in [-0.4, -0.2) is 19.2 Å². The molecule has 1 N–H and O–H groups in total. The lowest BCUT2D eigenvalue weighted by Crippen LogP contribution is -2.33. The Labute approximate surface area is 112 Å². The second-order valence-electron chi connectivity index (χ2n) is 5.52. The van der Waals surface area contributed by atoms with Crippen LogP contribution in [0.2, 0.25) is 0 Å². The van der Waals surface area contributed by atoms with E-state index >= 15 is 0 Å². The van der Waals surface area contributed by atoms with Gasteiger partial charge in [-0.15, -0.1) is 0 Å². The summed E-state index contributed by atoms with van der Waals surface area (Å²) < 4.78 is 33.0. The van der Waals surface area contributed by atoms with Crippen LogP contribution < -0.4 is 5.32 Å². The van der Waals surface area contributed by atoms with E-state index in [1.807, 2.05) is 0 Å². The Hall–Kier alpha value is -1.00. The standard InChI is InChI=1S/C15H19F2NO/c16-13-5-1-4-12(14(13)17)15-10(3-2-8-19-15)9-18-11-6-7-11/h1,4-5,10-11,15,18H,2-3,6-9H2. The van der Waals surface area contributed by atoms with E-state index in [4.69, 9.17) is 4.74 Å². The highest BCUT2D eigenvalue weighted by Crippen LogP contribution is 2.35. The van der Waals surface area contributed by atoms with Crippen molar-refractivity contribution >= 4 is 0 Å². The molecule has 2 aliphatic rings. The van der Waals surface area contributed by atoms with Crippen LogP contribution in [0.15, 0.2) is 18.2 Å². The second-order valence-corrected chi connectivity index (χ2v) is 5.52. The number of hydrogen-bond donors (Lipinski definition) is 1. The lowest BCUT2D eigenvalue weighted by atomic mass is 9.89. The molecule has 1 saturated carbocycles. The summed E-state index contributed by atoms with van der Waals surface area (Å²) in [6.45, 7) is 1.45. The summed E-state index contributed by atoms with van der Waals surface area (Å²) in [5, 5.41) is 3.46. The average Bonchev–Trinajstić information content (AvgIpc) is 3.24. The lowest BCUT2D eigenvalue weighted by molar-refractivity contribution is -0.0300. The number of rotatable bonds is 4. The Kier molecular flexibility index (Phi) is 3.80. The third kappa shape index (κ3) is 2.95. The van der Waals surface area contributed by atoms with Crippen LogP contribution in [-0.2, 0) is 4.74 Å². The fraction of sp³-hybridized carbons (Fsp3) is 0.600. The highest BCUT2D eigenvalue weighted by molar-refractivity contribution is 5.22. The van der Waals surface area contributed by atoms with Gasteiger partial charge in [-0.2, -0.15) is 0 Å². The van der Waals surface area contributed by atoms with Gasteiger partial charge in [-0.3, -0.25) is 0 Å². The fourth-order valence-electron chi connectivity index (χ4n) is 2.74. The maximum absolute atomic E-state index is 13.9. The molecule has 3 rings (SSSR count). The van der Waals surface area contributed by atoms with Crippen LogP contribution in [0, 0.1) is 17.6 Å². The van der Waals surface area contributed by atoms with E-state index in [1.165, 1.54) is 12.8 Å². The van der Waals surface area contributed by atoms with Crippen LogP contribution in [0.25, 0.3) is 0 Å². The topological polar surface area (TPSA) is 21.3 Å². The molecular weight excluding hydrogens is 248 g/mol. The van der Waals surface area contributed by atoms with Gasteiger partial charge in [0.2, 0.25) is 0 Å². The van der Waals surface area contributed by atoms with E-state index in [9.17, 15) is 8.78 Å².